The highest BCUT2D eigenvalue weighted by Gasteiger charge is 2.46. The van der Waals surface area contributed by atoms with Crippen molar-refractivity contribution in [3.63, 3.8) is 0 Å². The van der Waals surface area contributed by atoms with Gasteiger partial charge in [0.15, 0.2) is 5.78 Å². The van der Waals surface area contributed by atoms with Gasteiger partial charge in [0.1, 0.15) is 35.5 Å². The average Bonchev–Trinajstić information content (AvgIpc) is 3.17. The standard InChI is InChI=1S/C18H21Cl2N3O5S/c1-2-3-13(25)12-7-23(22-21-12)15-16(26)14(8-24)28-18(17(15)27)29-9-4-5-10(19)11(20)6-9/h4-7,14-18,24,26-27H,2-3,8H2,1H3/t14-,15+,16+,17-,18-/m1/s1. The molecule has 0 spiro atoms. The summed E-state index contributed by atoms with van der Waals surface area (Å²) in [7, 11) is 0. The molecule has 1 aromatic carbocycles. The summed E-state index contributed by atoms with van der Waals surface area (Å²) in [4.78, 5) is 12.7. The maximum Gasteiger partial charge on any atom is 0.184 e. The number of nitrogens with zero attached hydrogens (tertiary/aromatic N) is 3. The van der Waals surface area contributed by atoms with Gasteiger partial charge in [-0.15, -0.1) is 5.10 Å². The quantitative estimate of drug-likeness (QED) is 0.537. The van der Waals surface area contributed by atoms with E-state index in [1.54, 1.807) is 18.2 Å². The summed E-state index contributed by atoms with van der Waals surface area (Å²) in [6.45, 7) is 1.42. The van der Waals surface area contributed by atoms with E-state index < -0.39 is 36.4 Å². The zero-order valence-corrected chi connectivity index (χ0v) is 17.8. The third-order valence-electron chi connectivity index (χ3n) is 4.57. The van der Waals surface area contributed by atoms with Crippen molar-refractivity contribution in [3.8, 4) is 0 Å². The number of aromatic nitrogens is 3. The van der Waals surface area contributed by atoms with Crippen molar-refractivity contribution in [2.45, 2.75) is 54.5 Å². The van der Waals surface area contributed by atoms with Crippen molar-refractivity contribution in [3.05, 3.63) is 40.1 Å². The predicted octanol–water partition coefficient (Wildman–Crippen LogP) is 2.34. The number of rotatable bonds is 7. The van der Waals surface area contributed by atoms with E-state index in [2.05, 4.69) is 10.3 Å². The maximum absolute atomic E-state index is 12.1. The van der Waals surface area contributed by atoms with Gasteiger partial charge in [-0.2, -0.15) is 0 Å². The van der Waals surface area contributed by atoms with Gasteiger partial charge in [-0.3, -0.25) is 4.79 Å². The minimum atomic E-state index is -1.25. The van der Waals surface area contributed by atoms with Crippen LogP contribution in [0, 0.1) is 0 Å². The number of halogens is 2. The number of Topliss-reactive ketones (excluding diaryl/α,β-unsaturated/α-hetero) is 1. The minimum Gasteiger partial charge on any atom is -0.394 e. The van der Waals surface area contributed by atoms with Gasteiger partial charge >= 0.3 is 0 Å². The van der Waals surface area contributed by atoms with Crippen molar-refractivity contribution >= 4 is 40.7 Å². The van der Waals surface area contributed by atoms with Gasteiger partial charge in [-0.05, 0) is 24.6 Å². The predicted molar refractivity (Wildman–Crippen MR) is 108 cm³/mol. The van der Waals surface area contributed by atoms with Gasteiger partial charge in [0.25, 0.3) is 0 Å². The molecule has 1 fully saturated rings. The molecule has 0 bridgehead atoms. The summed E-state index contributed by atoms with van der Waals surface area (Å²) in [6.07, 6.45) is -1.02. The Kier molecular flexibility index (Phi) is 7.55. The molecule has 11 heteroatoms. The number of aliphatic hydroxyl groups excluding tert-OH is 3. The Labute approximate surface area is 181 Å². The Morgan fingerprint density at radius 3 is 2.69 bits per heavy atom. The lowest BCUT2D eigenvalue weighted by molar-refractivity contribution is -0.178. The summed E-state index contributed by atoms with van der Waals surface area (Å²) in [6, 6.07) is 4.02. The number of benzene rings is 1. The second kappa shape index (κ2) is 9.74. The van der Waals surface area contributed by atoms with Crippen LogP contribution in [0.3, 0.4) is 0 Å². The molecule has 3 N–H and O–H groups in total. The van der Waals surface area contributed by atoms with Crippen LogP contribution in [-0.2, 0) is 4.74 Å². The Bertz CT molecular complexity index is 868. The van der Waals surface area contributed by atoms with Gasteiger partial charge in [-0.1, -0.05) is 47.1 Å². The minimum absolute atomic E-state index is 0.159. The molecule has 29 heavy (non-hydrogen) atoms. The Morgan fingerprint density at radius 1 is 1.28 bits per heavy atom. The molecule has 1 saturated heterocycles. The molecule has 1 aromatic heterocycles. The second-order valence-electron chi connectivity index (χ2n) is 6.65. The molecule has 2 heterocycles. The molecule has 2 aromatic rings. The van der Waals surface area contributed by atoms with Crippen molar-refractivity contribution in [1.29, 1.82) is 0 Å². The van der Waals surface area contributed by atoms with Crippen LogP contribution in [0.2, 0.25) is 10.0 Å². The first kappa shape index (κ1) is 22.5. The molecule has 158 valence electrons. The number of hydrogen-bond donors (Lipinski definition) is 3. The first-order valence-electron chi connectivity index (χ1n) is 9.04. The van der Waals surface area contributed by atoms with Crippen molar-refractivity contribution in [2.24, 2.45) is 0 Å². The van der Waals surface area contributed by atoms with E-state index in [4.69, 9.17) is 27.9 Å². The van der Waals surface area contributed by atoms with E-state index in [9.17, 15) is 20.1 Å². The van der Waals surface area contributed by atoms with E-state index in [1.165, 1.54) is 22.6 Å². The molecule has 1 aliphatic heterocycles. The van der Waals surface area contributed by atoms with Crippen LogP contribution in [0.5, 0.6) is 0 Å². The molecule has 0 radical (unpaired) electrons. The summed E-state index contributed by atoms with van der Waals surface area (Å²) >= 11 is 13.2. The fourth-order valence-electron chi connectivity index (χ4n) is 3.07. The number of carbonyl (C=O) groups excluding carboxylic acids is 1. The fraction of sp³-hybridized carbons (Fsp3) is 0.500. The van der Waals surface area contributed by atoms with Crippen LogP contribution in [0.15, 0.2) is 29.3 Å². The van der Waals surface area contributed by atoms with Crippen LogP contribution in [-0.4, -0.2) is 66.5 Å². The lowest BCUT2D eigenvalue weighted by atomic mass is 9.97. The van der Waals surface area contributed by atoms with Crippen molar-refractivity contribution in [1.82, 2.24) is 15.0 Å². The van der Waals surface area contributed by atoms with Crippen LogP contribution in [0.1, 0.15) is 36.3 Å². The van der Waals surface area contributed by atoms with Crippen LogP contribution in [0.25, 0.3) is 0 Å². The summed E-state index contributed by atoms with van der Waals surface area (Å²) < 4.78 is 6.94. The van der Waals surface area contributed by atoms with E-state index in [0.29, 0.717) is 27.8 Å². The first-order valence-corrected chi connectivity index (χ1v) is 10.7. The van der Waals surface area contributed by atoms with Gasteiger partial charge < -0.3 is 20.1 Å². The van der Waals surface area contributed by atoms with Gasteiger partial charge in [0.05, 0.1) is 22.8 Å². The zero-order valence-electron chi connectivity index (χ0n) is 15.5. The lowest BCUT2D eigenvalue weighted by Crippen LogP contribution is -2.55. The monoisotopic (exact) mass is 461 g/mol. The normalized spacial score (nSPS) is 27.2. The summed E-state index contributed by atoms with van der Waals surface area (Å²) in [5.74, 6) is -0.171. The van der Waals surface area contributed by atoms with Crippen LogP contribution >= 0.6 is 35.0 Å². The maximum atomic E-state index is 12.1. The third kappa shape index (κ3) is 4.93. The topological polar surface area (TPSA) is 118 Å². The molecule has 0 saturated carbocycles. The second-order valence-corrected chi connectivity index (χ2v) is 8.63. The van der Waals surface area contributed by atoms with Crippen LogP contribution in [0.4, 0.5) is 0 Å². The number of aliphatic hydroxyl groups is 3. The van der Waals surface area contributed by atoms with Gasteiger partial charge in [-0.25, -0.2) is 4.68 Å². The molecule has 0 unspecified atom stereocenters. The SMILES string of the molecule is CCCC(=O)c1cn([C@@H]2[C@@H](O)[C@@H](Sc3ccc(Cl)c(Cl)c3)O[C@H](CO)[C@@H]2O)nn1. The molecule has 8 nitrogen and oxygen atoms in total. The number of carbonyl (C=O) groups is 1. The lowest BCUT2D eigenvalue weighted by Gasteiger charge is -2.41. The fourth-order valence-corrected chi connectivity index (χ4v) is 4.53. The number of hydrogen-bond acceptors (Lipinski definition) is 8. The highest BCUT2D eigenvalue weighted by molar-refractivity contribution is 7.99. The molecular formula is C18H21Cl2N3O5S. The highest BCUT2D eigenvalue weighted by Crippen LogP contribution is 2.39. The van der Waals surface area contributed by atoms with E-state index in [-0.39, 0.29) is 11.5 Å². The zero-order chi connectivity index (χ0) is 21.1. The highest BCUT2D eigenvalue weighted by atomic mass is 35.5. The van der Waals surface area contributed by atoms with E-state index in [0.717, 1.165) is 0 Å². The smallest absolute Gasteiger partial charge is 0.184 e. The van der Waals surface area contributed by atoms with Crippen molar-refractivity contribution < 1.29 is 24.9 Å². The molecule has 0 amide bonds. The van der Waals surface area contributed by atoms with Crippen LogP contribution < -0.4 is 0 Å². The Balaban J connectivity index is 1.85. The van der Waals surface area contributed by atoms with Gasteiger partial charge in [0, 0.05) is 11.3 Å². The number of ether oxygens (including phenoxy) is 1. The van der Waals surface area contributed by atoms with E-state index >= 15 is 0 Å². The Morgan fingerprint density at radius 2 is 2.03 bits per heavy atom. The first-order chi connectivity index (χ1) is 13.8. The molecule has 0 aliphatic carbocycles. The molecular weight excluding hydrogens is 441 g/mol. The molecule has 5 atom stereocenters. The molecule has 3 rings (SSSR count). The summed E-state index contributed by atoms with van der Waals surface area (Å²) in [5.41, 5.74) is -0.677. The van der Waals surface area contributed by atoms with E-state index in [1.807, 2.05) is 6.92 Å². The third-order valence-corrected chi connectivity index (χ3v) is 6.46. The number of thioether (sulfide) groups is 1. The summed E-state index contributed by atoms with van der Waals surface area (Å²) in [5, 5.41) is 39.6. The number of ketones is 1. The van der Waals surface area contributed by atoms with Gasteiger partial charge in [0.2, 0.25) is 0 Å². The average molecular weight is 462 g/mol. The Hall–Kier alpha value is -1.20. The largest absolute Gasteiger partial charge is 0.394 e. The van der Waals surface area contributed by atoms with Crippen molar-refractivity contribution in [2.75, 3.05) is 6.61 Å². The molecule has 1 aliphatic rings.